The van der Waals surface area contributed by atoms with Gasteiger partial charge in [0.05, 0.1) is 0 Å². The first-order valence-corrected chi connectivity index (χ1v) is 5.26. The molecule has 2 heteroatoms. The third-order valence-electron chi connectivity index (χ3n) is 2.96. The van der Waals surface area contributed by atoms with Crippen LogP contribution < -0.4 is 0 Å². The zero-order valence-corrected chi connectivity index (χ0v) is 8.29. The highest BCUT2D eigenvalue weighted by atomic mass is 16.3. The van der Waals surface area contributed by atoms with E-state index in [9.17, 15) is 5.11 Å². The standard InChI is InChI=1S/C12H16O2/c13-8-2-5-11-10-4-1-3-9(10)6-7-12(11)14/h6-7,13-14H,1-5,8H2. The summed E-state index contributed by atoms with van der Waals surface area (Å²) in [4.78, 5) is 0. The maximum atomic E-state index is 9.72. The Labute approximate surface area is 84.2 Å². The Bertz CT molecular complexity index is 331. The Hall–Kier alpha value is -1.02. The van der Waals surface area contributed by atoms with E-state index in [-0.39, 0.29) is 6.61 Å². The second-order valence-corrected chi connectivity index (χ2v) is 3.88. The van der Waals surface area contributed by atoms with Crippen LogP contribution in [-0.4, -0.2) is 16.8 Å². The largest absolute Gasteiger partial charge is 0.508 e. The van der Waals surface area contributed by atoms with Gasteiger partial charge in [0.15, 0.2) is 0 Å². The van der Waals surface area contributed by atoms with Gasteiger partial charge in [0.2, 0.25) is 0 Å². The van der Waals surface area contributed by atoms with E-state index in [1.54, 1.807) is 6.07 Å². The maximum absolute atomic E-state index is 9.72. The molecular weight excluding hydrogens is 176 g/mol. The topological polar surface area (TPSA) is 40.5 Å². The first kappa shape index (κ1) is 9.53. The van der Waals surface area contributed by atoms with Crippen molar-refractivity contribution in [3.63, 3.8) is 0 Å². The Balaban J connectivity index is 2.31. The summed E-state index contributed by atoms with van der Waals surface area (Å²) in [5.41, 5.74) is 3.78. The summed E-state index contributed by atoms with van der Waals surface area (Å²) in [5.74, 6) is 0.402. The Morgan fingerprint density at radius 2 is 2.07 bits per heavy atom. The summed E-state index contributed by atoms with van der Waals surface area (Å²) >= 11 is 0. The fraction of sp³-hybridized carbons (Fsp3) is 0.500. The molecule has 14 heavy (non-hydrogen) atoms. The highest BCUT2D eigenvalue weighted by Crippen LogP contribution is 2.31. The summed E-state index contributed by atoms with van der Waals surface area (Å²) in [5, 5.41) is 18.5. The predicted octanol–water partition coefficient (Wildman–Crippen LogP) is 1.81. The van der Waals surface area contributed by atoms with Crippen molar-refractivity contribution in [1.82, 2.24) is 0 Å². The first-order valence-electron chi connectivity index (χ1n) is 5.26. The molecule has 1 aliphatic rings. The normalized spacial score (nSPS) is 14.4. The zero-order valence-electron chi connectivity index (χ0n) is 8.29. The van der Waals surface area contributed by atoms with Gasteiger partial charge in [-0.25, -0.2) is 0 Å². The van der Waals surface area contributed by atoms with Gasteiger partial charge in [-0.15, -0.1) is 0 Å². The van der Waals surface area contributed by atoms with E-state index in [1.165, 1.54) is 17.5 Å². The van der Waals surface area contributed by atoms with Crippen LogP contribution in [0, 0.1) is 0 Å². The van der Waals surface area contributed by atoms with Crippen LogP contribution in [0.2, 0.25) is 0 Å². The molecule has 0 spiro atoms. The van der Waals surface area contributed by atoms with Crippen LogP contribution in [0.25, 0.3) is 0 Å². The number of phenolic OH excluding ortho intramolecular Hbond substituents is 1. The number of aliphatic hydroxyl groups excluding tert-OH is 1. The van der Waals surface area contributed by atoms with Crippen LogP contribution in [0.15, 0.2) is 12.1 Å². The number of benzene rings is 1. The van der Waals surface area contributed by atoms with E-state index in [1.807, 2.05) is 6.07 Å². The zero-order chi connectivity index (χ0) is 9.97. The molecule has 0 radical (unpaired) electrons. The molecule has 0 fully saturated rings. The average Bonchev–Trinajstić information content (AvgIpc) is 2.64. The Kier molecular flexibility index (Phi) is 2.73. The van der Waals surface area contributed by atoms with E-state index >= 15 is 0 Å². The van der Waals surface area contributed by atoms with Gasteiger partial charge in [-0.1, -0.05) is 6.07 Å². The van der Waals surface area contributed by atoms with Gasteiger partial charge < -0.3 is 10.2 Å². The minimum atomic E-state index is 0.198. The van der Waals surface area contributed by atoms with Gasteiger partial charge in [-0.3, -0.25) is 0 Å². The fourth-order valence-corrected chi connectivity index (χ4v) is 2.27. The van der Waals surface area contributed by atoms with Crippen molar-refractivity contribution in [2.45, 2.75) is 32.1 Å². The first-order chi connectivity index (χ1) is 6.83. The second-order valence-electron chi connectivity index (χ2n) is 3.88. The van der Waals surface area contributed by atoms with Gasteiger partial charge in [0, 0.05) is 6.61 Å². The Morgan fingerprint density at radius 3 is 2.86 bits per heavy atom. The minimum Gasteiger partial charge on any atom is -0.508 e. The van der Waals surface area contributed by atoms with Crippen molar-refractivity contribution in [3.8, 4) is 5.75 Å². The van der Waals surface area contributed by atoms with Crippen molar-refractivity contribution in [2.75, 3.05) is 6.61 Å². The van der Waals surface area contributed by atoms with Gasteiger partial charge >= 0.3 is 0 Å². The number of rotatable bonds is 3. The third-order valence-corrected chi connectivity index (χ3v) is 2.96. The number of aliphatic hydroxyl groups is 1. The van der Waals surface area contributed by atoms with E-state index in [0.29, 0.717) is 5.75 Å². The molecule has 0 saturated carbocycles. The molecule has 0 amide bonds. The molecule has 0 atom stereocenters. The average molecular weight is 192 g/mol. The smallest absolute Gasteiger partial charge is 0.119 e. The third kappa shape index (κ3) is 1.62. The van der Waals surface area contributed by atoms with Crippen LogP contribution in [-0.2, 0) is 19.3 Å². The molecule has 1 aromatic carbocycles. The summed E-state index contributed by atoms with van der Waals surface area (Å²) in [6.45, 7) is 0.198. The quantitative estimate of drug-likeness (QED) is 0.766. The molecule has 0 bridgehead atoms. The lowest BCUT2D eigenvalue weighted by Crippen LogP contribution is -1.96. The van der Waals surface area contributed by atoms with Crippen LogP contribution in [0.4, 0.5) is 0 Å². The molecule has 2 rings (SSSR count). The lowest BCUT2D eigenvalue weighted by Gasteiger charge is -2.09. The molecule has 1 aromatic rings. The lowest BCUT2D eigenvalue weighted by atomic mass is 9.98. The van der Waals surface area contributed by atoms with E-state index in [0.717, 1.165) is 31.2 Å². The highest BCUT2D eigenvalue weighted by Gasteiger charge is 2.16. The van der Waals surface area contributed by atoms with Crippen molar-refractivity contribution in [3.05, 3.63) is 28.8 Å². The van der Waals surface area contributed by atoms with Crippen LogP contribution in [0.5, 0.6) is 5.75 Å². The van der Waals surface area contributed by atoms with Crippen molar-refractivity contribution >= 4 is 0 Å². The van der Waals surface area contributed by atoms with Gasteiger partial charge in [0.25, 0.3) is 0 Å². The molecule has 2 nitrogen and oxygen atoms in total. The lowest BCUT2D eigenvalue weighted by molar-refractivity contribution is 0.288. The molecule has 76 valence electrons. The molecular formula is C12H16O2. The molecule has 1 aliphatic carbocycles. The molecule has 2 N–H and O–H groups in total. The van der Waals surface area contributed by atoms with E-state index in [2.05, 4.69) is 0 Å². The summed E-state index contributed by atoms with van der Waals surface area (Å²) in [6, 6.07) is 3.82. The Morgan fingerprint density at radius 1 is 1.21 bits per heavy atom. The number of fused-ring (bicyclic) bond motifs is 1. The van der Waals surface area contributed by atoms with Gasteiger partial charge in [-0.05, 0) is 54.9 Å². The van der Waals surface area contributed by atoms with Crippen LogP contribution in [0.3, 0.4) is 0 Å². The SMILES string of the molecule is OCCCc1c(O)ccc2c1CCC2. The number of phenols is 1. The molecule has 0 saturated heterocycles. The summed E-state index contributed by atoms with van der Waals surface area (Å²) in [7, 11) is 0. The molecule has 0 aromatic heterocycles. The molecule has 0 unspecified atom stereocenters. The van der Waals surface area contributed by atoms with Crippen molar-refractivity contribution in [2.24, 2.45) is 0 Å². The van der Waals surface area contributed by atoms with Crippen molar-refractivity contribution < 1.29 is 10.2 Å². The fourth-order valence-electron chi connectivity index (χ4n) is 2.27. The minimum absolute atomic E-state index is 0.198. The maximum Gasteiger partial charge on any atom is 0.119 e. The van der Waals surface area contributed by atoms with E-state index < -0.39 is 0 Å². The summed E-state index contributed by atoms with van der Waals surface area (Å²) in [6.07, 6.45) is 4.96. The highest BCUT2D eigenvalue weighted by molar-refractivity contribution is 5.46. The number of hydrogen-bond acceptors (Lipinski definition) is 2. The van der Waals surface area contributed by atoms with Crippen LogP contribution in [0.1, 0.15) is 29.5 Å². The number of hydrogen-bond donors (Lipinski definition) is 2. The number of aryl methyl sites for hydroxylation is 1. The monoisotopic (exact) mass is 192 g/mol. The van der Waals surface area contributed by atoms with Crippen molar-refractivity contribution in [1.29, 1.82) is 0 Å². The molecule has 0 aliphatic heterocycles. The molecule has 0 heterocycles. The van der Waals surface area contributed by atoms with Crippen LogP contribution >= 0.6 is 0 Å². The predicted molar refractivity (Wildman–Crippen MR) is 55.5 cm³/mol. The van der Waals surface area contributed by atoms with E-state index in [4.69, 9.17) is 5.11 Å². The summed E-state index contributed by atoms with van der Waals surface area (Å²) < 4.78 is 0. The number of aromatic hydroxyl groups is 1. The second kappa shape index (κ2) is 4.01. The van der Waals surface area contributed by atoms with Gasteiger partial charge in [0.1, 0.15) is 5.75 Å². The van der Waals surface area contributed by atoms with Gasteiger partial charge in [-0.2, -0.15) is 0 Å².